The molecule has 3 aliphatic rings. The van der Waals surface area contributed by atoms with E-state index in [0.29, 0.717) is 0 Å². The molecule has 0 fully saturated rings. The van der Waals surface area contributed by atoms with Gasteiger partial charge in [-0.15, -0.1) is 11.3 Å². The molecule has 315 valence electrons. The predicted molar refractivity (Wildman–Crippen MR) is 276 cm³/mol. The Morgan fingerprint density at radius 2 is 1.31 bits per heavy atom. The van der Waals surface area contributed by atoms with Crippen molar-refractivity contribution in [3.8, 4) is 22.3 Å². The summed E-state index contributed by atoms with van der Waals surface area (Å²) in [6.45, 7) is 21.5. The summed E-state index contributed by atoms with van der Waals surface area (Å²) in [7, 11) is 2.50. The molecule has 4 heterocycles. The topological polar surface area (TPSA) is 28.4 Å². The van der Waals surface area contributed by atoms with Crippen LogP contribution in [0.15, 0.2) is 138 Å². The fraction of sp³-hybridized carbons (Fsp3) is 0.254. The summed E-state index contributed by atoms with van der Waals surface area (Å²) >= 11 is 1.93. The van der Waals surface area contributed by atoms with Crippen LogP contribution >= 0.6 is 11.3 Å². The second-order valence-electron chi connectivity index (χ2n) is 21.5. The van der Waals surface area contributed by atoms with E-state index in [9.17, 15) is 0 Å². The van der Waals surface area contributed by atoms with E-state index in [2.05, 4.69) is 213 Å². The van der Waals surface area contributed by atoms with Gasteiger partial charge in [-0.25, -0.2) is 0 Å². The number of nitrogens with one attached hydrogen (secondary N) is 1. The minimum absolute atomic E-state index is 0.0434. The third-order valence-electron chi connectivity index (χ3n) is 15.1. The van der Waals surface area contributed by atoms with Crippen LogP contribution in [0.2, 0.25) is 0 Å². The van der Waals surface area contributed by atoms with E-state index in [-0.39, 0.29) is 21.7 Å². The number of hydrogen-bond acceptors (Lipinski definition) is 4. The van der Waals surface area contributed by atoms with Crippen molar-refractivity contribution in [3.05, 3.63) is 161 Å². The van der Waals surface area contributed by atoms with Crippen LogP contribution in [-0.4, -0.2) is 7.28 Å². The average Bonchev–Trinajstić information content (AvgIpc) is 3.84. The van der Waals surface area contributed by atoms with E-state index < -0.39 is 0 Å². The second kappa shape index (κ2) is 13.5. The van der Waals surface area contributed by atoms with Gasteiger partial charge in [0.15, 0.2) is 5.58 Å². The molecule has 0 saturated heterocycles. The van der Waals surface area contributed by atoms with Crippen LogP contribution in [0, 0.1) is 0 Å². The molecular formula is C59H54BN2OS. The standard InChI is InChI=1S/C59H54BN2OS/c1-56(2,3)35-26-27-47(38(30-35)34-18-11-10-12-19-34)62-52-41-32-44-45(58(6,7)29-28-57(44,4)5)33-49(41)64-55(52)60-50-39(31-40-36-20-13-16-25-48(36)63-54(40)53(50)62)37-21-17-23-43-51(37)61-46-24-15-14-22-42(46)59(43,8)9/h10-27,30-33,61H,28-29H2,1-9H3. The number of hydrogen-bond donors (Lipinski definition) is 1. The van der Waals surface area contributed by atoms with Gasteiger partial charge in [0.1, 0.15) is 5.58 Å². The van der Waals surface area contributed by atoms with E-state index in [1.807, 2.05) is 11.3 Å². The van der Waals surface area contributed by atoms with Crippen LogP contribution < -0.4 is 20.5 Å². The van der Waals surface area contributed by atoms with Crippen molar-refractivity contribution >= 4 is 89.3 Å². The summed E-state index contributed by atoms with van der Waals surface area (Å²) in [6, 6.07) is 50.0. The Morgan fingerprint density at radius 1 is 0.609 bits per heavy atom. The second-order valence-corrected chi connectivity index (χ2v) is 22.6. The Labute approximate surface area is 382 Å². The van der Waals surface area contributed by atoms with Crippen molar-refractivity contribution in [2.24, 2.45) is 0 Å². The fourth-order valence-corrected chi connectivity index (χ4v) is 12.5. The number of furan rings is 1. The predicted octanol–water partition coefficient (Wildman–Crippen LogP) is 15.6. The zero-order valence-corrected chi connectivity index (χ0v) is 39.3. The lowest BCUT2D eigenvalue weighted by Gasteiger charge is -2.42. The molecule has 64 heavy (non-hydrogen) atoms. The first-order chi connectivity index (χ1) is 30.6. The first kappa shape index (κ1) is 39.5. The van der Waals surface area contributed by atoms with E-state index in [0.717, 1.165) is 45.4 Å². The monoisotopic (exact) mass is 849 g/mol. The lowest BCUT2D eigenvalue weighted by molar-refractivity contribution is 0.332. The fourth-order valence-electron chi connectivity index (χ4n) is 11.3. The lowest BCUT2D eigenvalue weighted by Crippen LogP contribution is -2.39. The zero-order chi connectivity index (χ0) is 44.1. The maximum absolute atomic E-state index is 7.19. The Hall–Kier alpha value is -6.04. The molecule has 1 N–H and O–H groups in total. The summed E-state index contributed by atoms with van der Waals surface area (Å²) in [4.78, 5) is 2.61. The largest absolute Gasteiger partial charge is 0.454 e. The summed E-state index contributed by atoms with van der Waals surface area (Å²) < 4.78 is 9.78. The minimum atomic E-state index is -0.200. The van der Waals surface area contributed by atoms with Crippen LogP contribution in [0.5, 0.6) is 0 Å². The summed E-state index contributed by atoms with van der Waals surface area (Å²) in [5.41, 5.74) is 20.3. The van der Waals surface area contributed by atoms with Crippen LogP contribution in [0.4, 0.5) is 28.4 Å². The molecule has 2 aliphatic heterocycles. The van der Waals surface area contributed by atoms with Gasteiger partial charge in [-0.2, -0.15) is 0 Å². The Morgan fingerprint density at radius 3 is 2.09 bits per heavy atom. The molecule has 1 aliphatic carbocycles. The van der Waals surface area contributed by atoms with Crippen molar-refractivity contribution in [2.75, 3.05) is 10.2 Å². The molecular weight excluding hydrogens is 796 g/mol. The highest BCUT2D eigenvalue weighted by molar-refractivity contribution is 7.29. The molecule has 1 radical (unpaired) electrons. The Bertz CT molecular complexity index is 3410. The molecule has 0 unspecified atom stereocenters. The molecule has 7 aromatic carbocycles. The van der Waals surface area contributed by atoms with Gasteiger partial charge in [0.05, 0.1) is 22.7 Å². The number of anilines is 5. The quantitative estimate of drug-likeness (QED) is 0.180. The third kappa shape index (κ3) is 5.72. The van der Waals surface area contributed by atoms with E-state index in [1.165, 1.54) is 88.2 Å². The van der Waals surface area contributed by atoms with Crippen molar-refractivity contribution in [1.29, 1.82) is 0 Å². The summed E-state index contributed by atoms with van der Waals surface area (Å²) in [5, 5.41) is 7.52. The smallest absolute Gasteiger partial charge is 0.212 e. The van der Waals surface area contributed by atoms with E-state index in [1.54, 1.807) is 0 Å². The maximum Gasteiger partial charge on any atom is 0.212 e. The first-order valence-electron chi connectivity index (χ1n) is 23.1. The lowest BCUT2D eigenvalue weighted by atomic mass is 9.61. The molecule has 0 amide bonds. The van der Waals surface area contributed by atoms with Crippen molar-refractivity contribution in [1.82, 2.24) is 0 Å². The van der Waals surface area contributed by atoms with Crippen molar-refractivity contribution in [2.45, 2.75) is 96.8 Å². The minimum Gasteiger partial charge on any atom is -0.454 e. The number of thiophene rings is 1. The van der Waals surface area contributed by atoms with Crippen LogP contribution in [0.1, 0.15) is 103 Å². The van der Waals surface area contributed by atoms with Crippen LogP contribution in [0.3, 0.4) is 0 Å². The van der Waals surface area contributed by atoms with Crippen molar-refractivity contribution in [3.63, 3.8) is 0 Å². The molecule has 3 nitrogen and oxygen atoms in total. The molecule has 0 spiro atoms. The SMILES string of the molecule is CC(C)(C)c1ccc(N2c3c(sc4cc5c(cc34)C(C)(C)CCC5(C)C)[B]c3c(-c4cccc5c4Nc4ccccc4C5(C)C)cc4c(oc5ccccc54)c32)c(-c2ccccc2)c1. The molecule has 12 rings (SSSR count). The van der Waals surface area contributed by atoms with Gasteiger partial charge in [0.2, 0.25) is 7.28 Å². The highest BCUT2D eigenvalue weighted by Gasteiger charge is 2.41. The van der Waals surface area contributed by atoms with Gasteiger partial charge in [0.25, 0.3) is 0 Å². The van der Waals surface area contributed by atoms with Gasteiger partial charge in [0, 0.05) is 43.1 Å². The summed E-state index contributed by atoms with van der Waals surface area (Å²) in [6.07, 6.45) is 2.34. The van der Waals surface area contributed by atoms with Crippen molar-refractivity contribution < 1.29 is 4.42 Å². The molecule has 0 atom stereocenters. The number of benzene rings is 7. The Balaban J connectivity index is 1.23. The number of para-hydroxylation sites is 3. The third-order valence-corrected chi connectivity index (χ3v) is 16.2. The molecule has 9 aromatic rings. The average molecular weight is 850 g/mol. The van der Waals surface area contributed by atoms with Crippen LogP contribution in [-0.2, 0) is 21.7 Å². The van der Waals surface area contributed by atoms with Gasteiger partial charge in [-0.3, -0.25) is 0 Å². The van der Waals surface area contributed by atoms with Crippen LogP contribution in [0.25, 0.3) is 54.3 Å². The molecule has 0 bridgehead atoms. The van der Waals surface area contributed by atoms with Gasteiger partial charge in [-0.1, -0.05) is 153 Å². The highest BCUT2D eigenvalue weighted by atomic mass is 32.1. The first-order valence-corrected chi connectivity index (χ1v) is 23.9. The van der Waals surface area contributed by atoms with Gasteiger partial charge >= 0.3 is 0 Å². The maximum atomic E-state index is 7.19. The number of rotatable bonds is 3. The van der Waals surface area contributed by atoms with E-state index in [4.69, 9.17) is 4.42 Å². The van der Waals surface area contributed by atoms with E-state index >= 15 is 0 Å². The molecule has 2 aromatic heterocycles. The molecule has 0 saturated carbocycles. The molecule has 5 heteroatoms. The Kier molecular flexibility index (Phi) is 8.34. The van der Waals surface area contributed by atoms with Gasteiger partial charge < -0.3 is 14.6 Å². The normalized spacial score (nSPS) is 16.7. The number of fused-ring (bicyclic) bond motifs is 11. The zero-order valence-electron chi connectivity index (χ0n) is 38.5. The highest BCUT2D eigenvalue weighted by Crippen LogP contribution is 2.55. The summed E-state index contributed by atoms with van der Waals surface area (Å²) in [5.74, 6) is 0. The number of nitrogens with zero attached hydrogens (tertiary/aromatic N) is 1. The van der Waals surface area contributed by atoms with Gasteiger partial charge in [-0.05, 0) is 121 Å².